The largest absolute Gasteiger partial charge is 0.455 e. The van der Waals surface area contributed by atoms with E-state index in [2.05, 4.69) is 16.0 Å². The predicted molar refractivity (Wildman–Crippen MR) is 85.8 cm³/mol. The molecule has 2 aromatic rings. The number of ether oxygens (including phenoxy) is 1. The predicted octanol–water partition coefficient (Wildman–Crippen LogP) is 3.08. The van der Waals surface area contributed by atoms with Crippen molar-refractivity contribution in [2.75, 3.05) is 13.1 Å². The molecule has 0 spiro atoms. The first kappa shape index (κ1) is 15.0. The molecule has 116 valence electrons. The van der Waals surface area contributed by atoms with Crippen LogP contribution in [-0.2, 0) is 6.54 Å². The summed E-state index contributed by atoms with van der Waals surface area (Å²) >= 11 is 0. The van der Waals surface area contributed by atoms with Crippen molar-refractivity contribution in [3.8, 4) is 11.5 Å². The smallest absolute Gasteiger partial charge is 0.145 e. The SMILES string of the molecule is CC(O)C1CCN(Cc2ccccc2Oc2cccnc2)C1. The minimum atomic E-state index is -0.230. The maximum atomic E-state index is 9.73. The molecule has 0 amide bonds. The lowest BCUT2D eigenvalue weighted by atomic mass is 10.0. The summed E-state index contributed by atoms with van der Waals surface area (Å²) < 4.78 is 5.96. The van der Waals surface area contributed by atoms with Crippen LogP contribution in [0.2, 0.25) is 0 Å². The Morgan fingerprint density at radius 2 is 2.18 bits per heavy atom. The standard InChI is InChI=1S/C18H22N2O2/c1-14(21)15-8-10-20(12-15)13-16-5-2-3-7-18(16)22-17-6-4-9-19-11-17/h2-7,9,11,14-15,21H,8,10,12-13H2,1H3. The van der Waals surface area contributed by atoms with Gasteiger partial charge in [-0.25, -0.2) is 0 Å². The zero-order valence-electron chi connectivity index (χ0n) is 12.9. The normalized spacial score (nSPS) is 20.0. The molecule has 1 aliphatic heterocycles. The van der Waals surface area contributed by atoms with Crippen molar-refractivity contribution in [2.45, 2.75) is 26.0 Å². The van der Waals surface area contributed by atoms with Gasteiger partial charge < -0.3 is 9.84 Å². The second kappa shape index (κ2) is 6.90. The van der Waals surface area contributed by atoms with E-state index in [0.29, 0.717) is 5.92 Å². The third-order valence-electron chi connectivity index (χ3n) is 4.22. The summed E-state index contributed by atoms with van der Waals surface area (Å²) in [5.74, 6) is 2.00. The van der Waals surface area contributed by atoms with Crippen molar-refractivity contribution in [3.05, 3.63) is 54.4 Å². The molecule has 1 N–H and O–H groups in total. The summed E-state index contributed by atoms with van der Waals surface area (Å²) in [6.45, 7) is 4.70. The number of aliphatic hydroxyl groups is 1. The number of rotatable bonds is 5. The quantitative estimate of drug-likeness (QED) is 0.921. The Morgan fingerprint density at radius 1 is 1.32 bits per heavy atom. The van der Waals surface area contributed by atoms with Crippen LogP contribution in [0.4, 0.5) is 0 Å². The van der Waals surface area contributed by atoms with Crippen molar-refractivity contribution < 1.29 is 9.84 Å². The van der Waals surface area contributed by atoms with Gasteiger partial charge in [-0.05, 0) is 44.0 Å². The van der Waals surface area contributed by atoms with Crippen molar-refractivity contribution in [1.29, 1.82) is 0 Å². The first-order chi connectivity index (χ1) is 10.7. The number of aromatic nitrogens is 1. The average molecular weight is 298 g/mol. The summed E-state index contributed by atoms with van der Waals surface area (Å²) in [7, 11) is 0. The van der Waals surface area contributed by atoms with Gasteiger partial charge in [0, 0.05) is 24.8 Å². The lowest BCUT2D eigenvalue weighted by Gasteiger charge is -2.19. The fourth-order valence-corrected chi connectivity index (χ4v) is 2.91. The molecule has 2 atom stereocenters. The van der Waals surface area contributed by atoms with E-state index >= 15 is 0 Å². The van der Waals surface area contributed by atoms with Crippen molar-refractivity contribution in [2.24, 2.45) is 5.92 Å². The Balaban J connectivity index is 1.69. The van der Waals surface area contributed by atoms with Crippen LogP contribution in [0.3, 0.4) is 0 Å². The molecule has 2 unspecified atom stereocenters. The van der Waals surface area contributed by atoms with Gasteiger partial charge >= 0.3 is 0 Å². The van der Waals surface area contributed by atoms with Gasteiger partial charge in [-0.3, -0.25) is 9.88 Å². The fourth-order valence-electron chi connectivity index (χ4n) is 2.91. The number of likely N-dealkylation sites (tertiary alicyclic amines) is 1. The number of nitrogens with zero attached hydrogens (tertiary/aromatic N) is 2. The van der Waals surface area contributed by atoms with Crippen LogP contribution >= 0.6 is 0 Å². The highest BCUT2D eigenvalue weighted by Gasteiger charge is 2.26. The van der Waals surface area contributed by atoms with Crippen molar-refractivity contribution in [1.82, 2.24) is 9.88 Å². The lowest BCUT2D eigenvalue weighted by Crippen LogP contribution is -2.24. The van der Waals surface area contributed by atoms with Crippen LogP contribution in [0.25, 0.3) is 0 Å². The average Bonchev–Trinajstić information content (AvgIpc) is 2.99. The molecule has 22 heavy (non-hydrogen) atoms. The van der Waals surface area contributed by atoms with Crippen LogP contribution in [0.1, 0.15) is 18.9 Å². The Labute approximate surface area is 131 Å². The van der Waals surface area contributed by atoms with Gasteiger partial charge in [0.05, 0.1) is 12.3 Å². The Hall–Kier alpha value is -1.91. The highest BCUT2D eigenvalue weighted by molar-refractivity contribution is 5.37. The minimum Gasteiger partial charge on any atom is -0.455 e. The van der Waals surface area contributed by atoms with Gasteiger partial charge in [-0.1, -0.05) is 18.2 Å². The summed E-state index contributed by atoms with van der Waals surface area (Å²) in [6, 6.07) is 11.9. The molecule has 0 radical (unpaired) electrons. The molecule has 1 aromatic carbocycles. The first-order valence-electron chi connectivity index (χ1n) is 7.78. The molecule has 1 aliphatic rings. The lowest BCUT2D eigenvalue weighted by molar-refractivity contribution is 0.127. The molecule has 0 saturated carbocycles. The molecule has 4 heteroatoms. The maximum Gasteiger partial charge on any atom is 0.145 e. The van der Waals surface area contributed by atoms with Crippen LogP contribution in [-0.4, -0.2) is 34.2 Å². The van der Waals surface area contributed by atoms with Gasteiger partial charge in [0.15, 0.2) is 0 Å². The van der Waals surface area contributed by atoms with E-state index in [9.17, 15) is 5.11 Å². The van der Waals surface area contributed by atoms with E-state index in [1.165, 1.54) is 0 Å². The molecule has 1 saturated heterocycles. The summed E-state index contributed by atoms with van der Waals surface area (Å²) in [5, 5.41) is 9.73. The molecule has 0 aliphatic carbocycles. The molecular weight excluding hydrogens is 276 g/mol. The van der Waals surface area contributed by atoms with E-state index < -0.39 is 0 Å². The van der Waals surface area contributed by atoms with Crippen LogP contribution in [0.15, 0.2) is 48.8 Å². The van der Waals surface area contributed by atoms with Gasteiger partial charge in [0.1, 0.15) is 11.5 Å². The molecule has 1 aromatic heterocycles. The number of hydrogen-bond donors (Lipinski definition) is 1. The van der Waals surface area contributed by atoms with E-state index in [1.807, 2.05) is 37.3 Å². The number of aliphatic hydroxyl groups excluding tert-OH is 1. The summed E-state index contributed by atoms with van der Waals surface area (Å²) in [4.78, 5) is 6.46. The summed E-state index contributed by atoms with van der Waals surface area (Å²) in [6.07, 6.45) is 4.28. The monoisotopic (exact) mass is 298 g/mol. The molecular formula is C18H22N2O2. The van der Waals surface area contributed by atoms with Gasteiger partial charge in [0.25, 0.3) is 0 Å². The Morgan fingerprint density at radius 3 is 2.91 bits per heavy atom. The van der Waals surface area contributed by atoms with Crippen molar-refractivity contribution in [3.63, 3.8) is 0 Å². The van der Waals surface area contributed by atoms with Gasteiger partial charge in [-0.2, -0.15) is 0 Å². The minimum absolute atomic E-state index is 0.230. The fraction of sp³-hybridized carbons (Fsp3) is 0.389. The summed E-state index contributed by atoms with van der Waals surface area (Å²) in [5.41, 5.74) is 1.16. The van der Waals surface area contributed by atoms with Crippen LogP contribution in [0.5, 0.6) is 11.5 Å². The third-order valence-corrected chi connectivity index (χ3v) is 4.22. The molecule has 0 bridgehead atoms. The Bertz CT molecular complexity index is 601. The maximum absolute atomic E-state index is 9.73. The van der Waals surface area contributed by atoms with Gasteiger partial charge in [0.2, 0.25) is 0 Å². The number of hydrogen-bond acceptors (Lipinski definition) is 4. The molecule has 3 rings (SSSR count). The van der Waals surface area contributed by atoms with E-state index in [1.54, 1.807) is 12.4 Å². The van der Waals surface area contributed by atoms with Crippen LogP contribution < -0.4 is 4.74 Å². The molecule has 1 fully saturated rings. The molecule has 4 nitrogen and oxygen atoms in total. The van der Waals surface area contributed by atoms with Crippen molar-refractivity contribution >= 4 is 0 Å². The topological polar surface area (TPSA) is 45.6 Å². The highest BCUT2D eigenvalue weighted by Crippen LogP contribution is 2.28. The zero-order chi connectivity index (χ0) is 15.4. The highest BCUT2D eigenvalue weighted by atomic mass is 16.5. The number of pyridine rings is 1. The number of para-hydroxylation sites is 1. The molecule has 2 heterocycles. The second-order valence-corrected chi connectivity index (χ2v) is 5.92. The Kier molecular flexibility index (Phi) is 4.71. The third kappa shape index (κ3) is 3.64. The van der Waals surface area contributed by atoms with E-state index in [0.717, 1.165) is 43.1 Å². The first-order valence-corrected chi connectivity index (χ1v) is 7.78. The van der Waals surface area contributed by atoms with Crippen LogP contribution in [0, 0.1) is 5.92 Å². The van der Waals surface area contributed by atoms with E-state index in [4.69, 9.17) is 4.74 Å². The van der Waals surface area contributed by atoms with Gasteiger partial charge in [-0.15, -0.1) is 0 Å². The van der Waals surface area contributed by atoms with E-state index in [-0.39, 0.29) is 6.10 Å². The number of benzene rings is 1. The zero-order valence-corrected chi connectivity index (χ0v) is 12.9. The second-order valence-electron chi connectivity index (χ2n) is 5.92.